The van der Waals surface area contributed by atoms with Crippen LogP contribution >= 0.6 is 0 Å². The van der Waals surface area contributed by atoms with Crippen LogP contribution in [-0.2, 0) is 28.8 Å². The molecule has 21 heavy (non-hydrogen) atoms. The van der Waals surface area contributed by atoms with E-state index in [1.807, 2.05) is 6.07 Å². The minimum Gasteiger partial charge on any atom is -0.506 e. The molecule has 118 valence electrons. The number of hydrogen-bond donors (Lipinski definition) is 1. The monoisotopic (exact) mass is 293 g/mol. The van der Waals surface area contributed by atoms with Gasteiger partial charge in [0, 0.05) is 12.1 Å². The summed E-state index contributed by atoms with van der Waals surface area (Å²) in [7, 11) is 1.39. The van der Waals surface area contributed by atoms with Crippen LogP contribution in [-0.4, -0.2) is 23.2 Å². The Morgan fingerprint density at radius 1 is 1.19 bits per heavy atom. The lowest BCUT2D eigenvalue weighted by Gasteiger charge is -2.12. The second kappa shape index (κ2) is 9.37. The second-order valence-corrected chi connectivity index (χ2v) is 5.35. The Morgan fingerprint density at radius 2 is 1.86 bits per heavy atom. The van der Waals surface area contributed by atoms with Crippen molar-refractivity contribution in [3.63, 3.8) is 0 Å². The summed E-state index contributed by atoms with van der Waals surface area (Å²) in [6.45, 7) is 4.25. The molecule has 1 rings (SSSR count). The van der Waals surface area contributed by atoms with Crippen molar-refractivity contribution in [3.8, 4) is 5.75 Å². The van der Waals surface area contributed by atoms with Crippen LogP contribution in [0.25, 0.3) is 0 Å². The third-order valence-corrected chi connectivity index (χ3v) is 3.58. The SMILES string of the molecule is CCCCc1cc(CCC(=O)OC)nc(CCCC)c1O. The van der Waals surface area contributed by atoms with Crippen molar-refractivity contribution >= 4 is 5.97 Å². The smallest absolute Gasteiger partial charge is 0.305 e. The van der Waals surface area contributed by atoms with Crippen LogP contribution in [0.15, 0.2) is 6.07 Å². The number of carbonyl (C=O) groups excluding carboxylic acids is 1. The van der Waals surface area contributed by atoms with Crippen molar-refractivity contribution in [1.29, 1.82) is 0 Å². The molecule has 0 aliphatic carbocycles. The number of rotatable bonds is 9. The van der Waals surface area contributed by atoms with Gasteiger partial charge in [-0.2, -0.15) is 0 Å². The summed E-state index contributed by atoms with van der Waals surface area (Å²) in [5, 5.41) is 10.3. The number of esters is 1. The number of ether oxygens (including phenoxy) is 1. The highest BCUT2D eigenvalue weighted by atomic mass is 16.5. The van der Waals surface area contributed by atoms with Gasteiger partial charge in [0.2, 0.25) is 0 Å². The Bertz CT molecular complexity index is 428. The number of pyridine rings is 1. The predicted octanol–water partition coefficient (Wildman–Crippen LogP) is 3.58. The summed E-state index contributed by atoms with van der Waals surface area (Å²) in [5.41, 5.74) is 2.60. The zero-order valence-electron chi connectivity index (χ0n) is 13.4. The van der Waals surface area contributed by atoms with E-state index in [4.69, 9.17) is 0 Å². The Hall–Kier alpha value is -1.58. The van der Waals surface area contributed by atoms with Crippen LogP contribution in [0, 0.1) is 0 Å². The van der Waals surface area contributed by atoms with E-state index in [2.05, 4.69) is 23.6 Å². The average molecular weight is 293 g/mol. The molecule has 0 saturated carbocycles. The Balaban J connectivity index is 2.92. The van der Waals surface area contributed by atoms with Gasteiger partial charge in [0.05, 0.1) is 19.2 Å². The fraction of sp³-hybridized carbons (Fsp3) is 0.647. The van der Waals surface area contributed by atoms with Gasteiger partial charge in [0.15, 0.2) is 0 Å². The highest BCUT2D eigenvalue weighted by Crippen LogP contribution is 2.26. The maximum Gasteiger partial charge on any atom is 0.305 e. The molecule has 0 fully saturated rings. The normalized spacial score (nSPS) is 10.6. The van der Waals surface area contributed by atoms with E-state index < -0.39 is 0 Å². The van der Waals surface area contributed by atoms with Gasteiger partial charge in [-0.3, -0.25) is 9.78 Å². The van der Waals surface area contributed by atoms with Crippen LogP contribution in [0.1, 0.15) is 62.9 Å². The van der Waals surface area contributed by atoms with Crippen LogP contribution in [0.2, 0.25) is 0 Å². The third-order valence-electron chi connectivity index (χ3n) is 3.58. The van der Waals surface area contributed by atoms with E-state index in [0.717, 1.165) is 55.5 Å². The lowest BCUT2D eigenvalue weighted by molar-refractivity contribution is -0.140. The summed E-state index contributed by atoms with van der Waals surface area (Å²) in [5.74, 6) is 0.119. The predicted molar refractivity (Wildman–Crippen MR) is 83.5 cm³/mol. The number of hydrogen-bond acceptors (Lipinski definition) is 4. The van der Waals surface area contributed by atoms with E-state index >= 15 is 0 Å². The first-order valence-corrected chi connectivity index (χ1v) is 7.89. The quantitative estimate of drug-likeness (QED) is 0.707. The molecule has 0 saturated heterocycles. The van der Waals surface area contributed by atoms with Gasteiger partial charge in [-0.25, -0.2) is 0 Å². The number of nitrogens with zero attached hydrogens (tertiary/aromatic N) is 1. The van der Waals surface area contributed by atoms with E-state index in [-0.39, 0.29) is 5.97 Å². The molecule has 0 radical (unpaired) electrons. The molecule has 1 N–H and O–H groups in total. The fourth-order valence-corrected chi connectivity index (χ4v) is 2.25. The summed E-state index contributed by atoms with van der Waals surface area (Å²) < 4.78 is 4.67. The fourth-order valence-electron chi connectivity index (χ4n) is 2.25. The molecule has 0 atom stereocenters. The van der Waals surface area contributed by atoms with Crippen LogP contribution in [0.5, 0.6) is 5.75 Å². The average Bonchev–Trinajstić information content (AvgIpc) is 2.50. The Morgan fingerprint density at radius 3 is 2.48 bits per heavy atom. The summed E-state index contributed by atoms with van der Waals surface area (Å²) >= 11 is 0. The molecule has 0 aromatic carbocycles. The molecule has 0 unspecified atom stereocenters. The zero-order valence-corrected chi connectivity index (χ0v) is 13.4. The van der Waals surface area contributed by atoms with Crippen LogP contribution < -0.4 is 0 Å². The number of aromatic nitrogens is 1. The molecule has 0 bridgehead atoms. The van der Waals surface area contributed by atoms with Gasteiger partial charge in [0.25, 0.3) is 0 Å². The minimum absolute atomic E-state index is 0.227. The topological polar surface area (TPSA) is 59.4 Å². The maximum absolute atomic E-state index is 11.3. The first-order valence-electron chi connectivity index (χ1n) is 7.89. The van der Waals surface area contributed by atoms with E-state index in [1.165, 1.54) is 7.11 Å². The highest BCUT2D eigenvalue weighted by Gasteiger charge is 2.12. The van der Waals surface area contributed by atoms with Gasteiger partial charge in [-0.1, -0.05) is 26.7 Å². The van der Waals surface area contributed by atoms with Gasteiger partial charge in [-0.15, -0.1) is 0 Å². The van der Waals surface area contributed by atoms with Gasteiger partial charge in [-0.05, 0) is 37.3 Å². The zero-order chi connectivity index (χ0) is 15.7. The number of carbonyl (C=O) groups is 1. The van der Waals surface area contributed by atoms with Crippen molar-refractivity contribution in [3.05, 3.63) is 23.0 Å². The summed E-state index contributed by atoms with van der Waals surface area (Å²) in [6, 6.07) is 1.93. The van der Waals surface area contributed by atoms with E-state index in [1.54, 1.807) is 0 Å². The van der Waals surface area contributed by atoms with E-state index in [0.29, 0.717) is 18.6 Å². The number of aromatic hydroxyl groups is 1. The second-order valence-electron chi connectivity index (χ2n) is 5.35. The first-order chi connectivity index (χ1) is 10.1. The number of methoxy groups -OCH3 is 1. The molecular weight excluding hydrogens is 266 g/mol. The van der Waals surface area contributed by atoms with Crippen LogP contribution in [0.4, 0.5) is 0 Å². The third kappa shape index (κ3) is 5.74. The Kier molecular flexibility index (Phi) is 7.80. The lowest BCUT2D eigenvalue weighted by Crippen LogP contribution is -2.06. The molecule has 0 aliphatic rings. The van der Waals surface area contributed by atoms with E-state index in [9.17, 15) is 9.90 Å². The molecule has 1 aromatic heterocycles. The molecule has 0 aliphatic heterocycles. The largest absolute Gasteiger partial charge is 0.506 e. The standard InChI is InChI=1S/C17H27NO3/c1-4-6-8-13-12-14(10-11-16(19)21-3)18-15(17(13)20)9-7-5-2/h12,20H,4-11H2,1-3H3. The minimum atomic E-state index is -0.227. The molecular formula is C17H27NO3. The molecule has 1 heterocycles. The molecule has 1 aromatic rings. The number of aryl methyl sites for hydroxylation is 3. The van der Waals surface area contributed by atoms with Crippen molar-refractivity contribution in [2.24, 2.45) is 0 Å². The molecule has 0 amide bonds. The van der Waals surface area contributed by atoms with Crippen molar-refractivity contribution in [2.75, 3.05) is 7.11 Å². The van der Waals surface area contributed by atoms with Gasteiger partial charge >= 0.3 is 5.97 Å². The van der Waals surface area contributed by atoms with Crippen molar-refractivity contribution in [1.82, 2.24) is 4.98 Å². The molecule has 4 nitrogen and oxygen atoms in total. The first kappa shape index (κ1) is 17.5. The summed E-state index contributed by atoms with van der Waals surface area (Å²) in [6.07, 6.45) is 6.74. The van der Waals surface area contributed by atoms with Crippen molar-refractivity contribution in [2.45, 2.75) is 65.2 Å². The van der Waals surface area contributed by atoms with Crippen LogP contribution in [0.3, 0.4) is 0 Å². The molecule has 0 spiro atoms. The number of unbranched alkanes of at least 4 members (excludes halogenated alkanes) is 2. The Labute approximate surface area is 127 Å². The lowest BCUT2D eigenvalue weighted by atomic mass is 10.0. The summed E-state index contributed by atoms with van der Waals surface area (Å²) in [4.78, 5) is 15.8. The maximum atomic E-state index is 11.3. The molecule has 4 heteroatoms. The van der Waals surface area contributed by atoms with Crippen molar-refractivity contribution < 1.29 is 14.6 Å². The van der Waals surface area contributed by atoms with Gasteiger partial charge in [0.1, 0.15) is 5.75 Å². The van der Waals surface area contributed by atoms with Gasteiger partial charge < -0.3 is 9.84 Å². The highest BCUT2D eigenvalue weighted by molar-refractivity contribution is 5.69.